The summed E-state index contributed by atoms with van der Waals surface area (Å²) < 4.78 is 98.4. The predicted molar refractivity (Wildman–Crippen MR) is 306 cm³/mol. The van der Waals surface area contributed by atoms with Crippen molar-refractivity contribution in [1.82, 2.24) is 9.55 Å². The summed E-state index contributed by atoms with van der Waals surface area (Å²) in [6.45, 7) is 18.6. The van der Waals surface area contributed by atoms with Gasteiger partial charge in [0, 0.05) is 72.5 Å². The summed E-state index contributed by atoms with van der Waals surface area (Å²) in [5.41, 5.74) is 9.70. The summed E-state index contributed by atoms with van der Waals surface area (Å²) in [7, 11) is 0. The van der Waals surface area contributed by atoms with Gasteiger partial charge in [0.1, 0.15) is 5.82 Å². The summed E-state index contributed by atoms with van der Waals surface area (Å²) >= 11 is 0. The smallest absolute Gasteiger partial charge is 0.135 e. The van der Waals surface area contributed by atoms with Crippen LogP contribution in [-0.2, 0) is 44.7 Å². The maximum absolute atomic E-state index is 9.49. The van der Waals surface area contributed by atoms with E-state index < -0.39 is 47.1 Å². The van der Waals surface area contributed by atoms with E-state index in [1.165, 1.54) is 16.5 Å². The quantitative estimate of drug-likeness (QED) is 0.114. The van der Waals surface area contributed by atoms with Crippen molar-refractivity contribution in [2.45, 2.75) is 91.9 Å². The minimum atomic E-state index is -0.548. The van der Waals surface area contributed by atoms with Gasteiger partial charge in [-0.25, -0.2) is 4.98 Å². The van der Waals surface area contributed by atoms with Gasteiger partial charge in [0.05, 0.1) is 13.7 Å². The minimum Gasteiger partial charge on any atom is -0.509 e. The molecule has 2 aromatic heterocycles. The Labute approximate surface area is 466 Å². The number of nitrogens with zero attached hydrogens (tertiary/aromatic N) is 4. The molecule has 11 rings (SSSR count). The fraction of sp³-hybridized carbons (Fsp3) is 0.206. The second-order valence-electron chi connectivity index (χ2n) is 20.8. The number of pyridine rings is 1. The first kappa shape index (κ1) is 39.3. The summed E-state index contributed by atoms with van der Waals surface area (Å²) in [5, 5.41) is 2.26. The van der Waals surface area contributed by atoms with E-state index in [2.05, 4.69) is 54.8 Å². The summed E-state index contributed by atoms with van der Waals surface area (Å²) in [4.78, 5) is 8.76. The topological polar surface area (TPSA) is 33.5 Å². The van der Waals surface area contributed by atoms with Crippen LogP contribution < -0.4 is 14.5 Å². The van der Waals surface area contributed by atoms with E-state index in [9.17, 15) is 2.74 Å². The number of rotatable bonds is 12. The molecule has 1 aliphatic heterocycles. The molecule has 0 fully saturated rings. The maximum Gasteiger partial charge on any atom is 0.135 e. The first-order valence-corrected chi connectivity index (χ1v) is 25.2. The molecular formula is C68H63N4OPt-3. The molecule has 8 aromatic carbocycles. The normalized spacial score (nSPS) is 14.5. The molecule has 0 saturated carbocycles. The van der Waals surface area contributed by atoms with Crippen molar-refractivity contribution < 1.29 is 39.5 Å². The Balaban J connectivity index is 0.00000786. The molecule has 3 heterocycles. The Hall–Kier alpha value is -7.20. The number of aryl methyl sites for hydroxylation is 2. The fourth-order valence-electron chi connectivity index (χ4n) is 10.1. The largest absolute Gasteiger partial charge is 0.509 e. The van der Waals surface area contributed by atoms with Crippen LogP contribution >= 0.6 is 0 Å². The number of hydrogen-bond donors (Lipinski definition) is 0. The van der Waals surface area contributed by atoms with E-state index in [4.69, 9.17) is 20.7 Å². The van der Waals surface area contributed by atoms with Crippen molar-refractivity contribution in [3.8, 4) is 50.7 Å². The van der Waals surface area contributed by atoms with Crippen LogP contribution in [-0.4, -0.2) is 9.55 Å². The molecule has 1 aliphatic rings. The van der Waals surface area contributed by atoms with E-state index in [1.54, 1.807) is 6.20 Å². The Bertz CT molecular complexity index is 4190. The van der Waals surface area contributed by atoms with Gasteiger partial charge in [-0.2, -0.15) is 12.1 Å². The molecule has 0 spiro atoms. The standard InChI is InChI=1S/C68H63N4O.Pt/c1-9-22-47-33-36-62-65(56(47)23-10-2)57-35-34-55(44-63(57)72(62)64-32-19-20-37-69-64)73-54-29-21-28-53(43-54)70-45-71(61-31-18-17-30-60(61)70)66-58(48-26-15-12-16-27-48)41-52(68(6,7)8)42-59(66)50-38-49(46-24-13-11-14-25-46)39-51(40-50)67(3,4)5;/h11-21,24-42,45H,9-10,22-23H2,1-8H3;/q-3;/i11D,12D,13D,14D,15D,16D,24D,25D,26D,27D;. The van der Waals surface area contributed by atoms with Gasteiger partial charge in [-0.05, 0) is 122 Å². The number of fused-ring (bicyclic) bond motifs is 4. The third-order valence-corrected chi connectivity index (χ3v) is 13.7. The zero-order valence-corrected chi connectivity index (χ0v) is 45.2. The van der Waals surface area contributed by atoms with Crippen LogP contribution in [0, 0.1) is 18.8 Å². The van der Waals surface area contributed by atoms with Crippen molar-refractivity contribution in [3.63, 3.8) is 0 Å². The molecule has 74 heavy (non-hydrogen) atoms. The SMILES string of the molecule is [2H]c1c([2H])c([2H])c(-c2cc(-c3cc(C(C)(C)C)cc(-c4c([2H])c([2H])c([2H])c([2H])c4[2H])c3N3[CH-]N(c4[c-]c(Oc5[c-]c6c(cc5)c5c(CCC)c(CCC)ccc5n6-c5ccccn5)ccc4)c4ccccc43)cc(C(C)(C)C)c2)c([2H])c1[2H].[Pt]. The van der Waals surface area contributed by atoms with Gasteiger partial charge < -0.3 is 19.1 Å². The number of hydrogen-bond acceptors (Lipinski definition) is 4. The molecule has 0 bridgehead atoms. The van der Waals surface area contributed by atoms with Crippen LogP contribution in [0.1, 0.15) is 104 Å². The number of ether oxygens (including phenoxy) is 1. The number of anilines is 4. The van der Waals surface area contributed by atoms with E-state index in [-0.39, 0.29) is 56.4 Å². The molecule has 6 heteroatoms. The van der Waals surface area contributed by atoms with E-state index in [0.29, 0.717) is 50.8 Å². The molecule has 0 unspecified atom stereocenters. The van der Waals surface area contributed by atoms with Crippen molar-refractivity contribution >= 4 is 44.6 Å². The molecular weight excluding hydrogens is 1080 g/mol. The second kappa shape index (κ2) is 20.6. The summed E-state index contributed by atoms with van der Waals surface area (Å²) in [6.07, 6.45) is 5.77. The van der Waals surface area contributed by atoms with Crippen molar-refractivity contribution in [1.29, 1.82) is 0 Å². The van der Waals surface area contributed by atoms with Crippen LogP contribution in [0.3, 0.4) is 0 Å². The van der Waals surface area contributed by atoms with E-state index >= 15 is 0 Å². The van der Waals surface area contributed by atoms with Crippen LogP contribution in [0.4, 0.5) is 22.7 Å². The predicted octanol–water partition coefficient (Wildman–Crippen LogP) is 18.5. The number of benzene rings is 8. The number of para-hydroxylation sites is 2. The molecule has 0 amide bonds. The Kier molecular flexibility index (Phi) is 10.9. The summed E-state index contributed by atoms with van der Waals surface area (Å²) in [6, 6.07) is 40.4. The molecule has 374 valence electrons. The van der Waals surface area contributed by atoms with E-state index in [1.807, 2.05) is 149 Å². The van der Waals surface area contributed by atoms with Gasteiger partial charge in [0.2, 0.25) is 0 Å². The van der Waals surface area contributed by atoms with Crippen LogP contribution in [0.2, 0.25) is 0 Å². The Morgan fingerprint density at radius 3 is 1.91 bits per heavy atom. The third-order valence-electron chi connectivity index (χ3n) is 13.7. The monoisotopic (exact) mass is 1160 g/mol. The molecule has 0 aliphatic carbocycles. The van der Waals surface area contributed by atoms with Gasteiger partial charge >= 0.3 is 0 Å². The average molecular weight is 1160 g/mol. The van der Waals surface area contributed by atoms with Gasteiger partial charge in [-0.3, -0.25) is 0 Å². The van der Waals surface area contributed by atoms with Gasteiger partial charge in [0.15, 0.2) is 0 Å². The summed E-state index contributed by atoms with van der Waals surface area (Å²) in [5.74, 6) is 1.68. The zero-order valence-electron chi connectivity index (χ0n) is 53.0. The molecule has 10 aromatic rings. The average Bonchev–Trinajstić information content (AvgIpc) is 2.10. The van der Waals surface area contributed by atoms with Crippen molar-refractivity contribution in [2.24, 2.45) is 0 Å². The van der Waals surface area contributed by atoms with Crippen LogP contribution in [0.15, 0.2) is 182 Å². The van der Waals surface area contributed by atoms with Crippen LogP contribution in [0.25, 0.3) is 61.0 Å². The fourth-order valence-corrected chi connectivity index (χ4v) is 10.1. The van der Waals surface area contributed by atoms with Crippen LogP contribution in [0.5, 0.6) is 11.5 Å². The van der Waals surface area contributed by atoms with Crippen molar-refractivity contribution in [2.75, 3.05) is 9.80 Å². The number of aromatic nitrogens is 2. The zero-order chi connectivity index (χ0) is 59.1. The third kappa shape index (κ3) is 9.59. The van der Waals surface area contributed by atoms with Gasteiger partial charge in [-0.15, -0.1) is 48.1 Å². The second-order valence-corrected chi connectivity index (χ2v) is 20.8. The maximum atomic E-state index is 9.49. The molecule has 0 N–H and O–H groups in total. The minimum absolute atomic E-state index is 0. The van der Waals surface area contributed by atoms with Gasteiger partial charge in [-0.1, -0.05) is 171 Å². The van der Waals surface area contributed by atoms with E-state index in [0.717, 1.165) is 64.7 Å². The molecule has 0 atom stereocenters. The Morgan fingerprint density at radius 1 is 0.595 bits per heavy atom. The molecule has 5 nitrogen and oxygen atoms in total. The van der Waals surface area contributed by atoms with Crippen molar-refractivity contribution in [3.05, 3.63) is 223 Å². The Morgan fingerprint density at radius 2 is 1.23 bits per heavy atom. The van der Waals surface area contributed by atoms with Gasteiger partial charge in [0.25, 0.3) is 0 Å². The first-order chi connectivity index (χ1) is 39.5. The molecule has 0 radical (unpaired) electrons. The first-order valence-electron chi connectivity index (χ1n) is 30.2. The molecule has 0 saturated heterocycles.